The topological polar surface area (TPSA) is 206 Å². The summed E-state index contributed by atoms with van der Waals surface area (Å²) in [6.45, 7) is 0. The molecule has 0 unspecified atom stereocenters. The van der Waals surface area contributed by atoms with Crippen molar-refractivity contribution in [2.75, 3.05) is 42.7 Å². The summed E-state index contributed by atoms with van der Waals surface area (Å²) in [6.07, 6.45) is 7.93. The predicted octanol–water partition coefficient (Wildman–Crippen LogP) is 7.41. The Bertz CT molecular complexity index is 2900. The van der Waals surface area contributed by atoms with Gasteiger partial charge in [0.05, 0.1) is 68.3 Å². The van der Waals surface area contributed by atoms with E-state index in [2.05, 4.69) is 19.4 Å². The van der Waals surface area contributed by atoms with Gasteiger partial charge in [0.1, 0.15) is 23.0 Å². The third kappa shape index (κ3) is 11.7. The van der Waals surface area contributed by atoms with Crippen molar-refractivity contribution in [3.63, 3.8) is 0 Å². The van der Waals surface area contributed by atoms with Gasteiger partial charge in [-0.2, -0.15) is 0 Å². The molecule has 336 valence electrons. The number of aromatic amines is 2. The summed E-state index contributed by atoms with van der Waals surface area (Å²) in [7, 11) is 13.1. The summed E-state index contributed by atoms with van der Waals surface area (Å²) in [5.74, 6) is 0.894. The van der Waals surface area contributed by atoms with Gasteiger partial charge < -0.3 is 57.7 Å². The Labute approximate surface area is 368 Å². The molecule has 0 saturated heterocycles. The summed E-state index contributed by atoms with van der Waals surface area (Å²) >= 11 is 0. The van der Waals surface area contributed by atoms with Gasteiger partial charge in [0, 0.05) is 82.5 Å². The van der Waals surface area contributed by atoms with Crippen molar-refractivity contribution < 1.29 is 57.8 Å². The Morgan fingerprint density at radius 3 is 1.17 bits per heavy atom. The maximum atomic E-state index is 11.3. The fraction of sp³-hybridized carbons (Fsp3) is 0.250. The number of methoxy groups -OCH3 is 6. The molecule has 64 heavy (non-hydrogen) atoms. The summed E-state index contributed by atoms with van der Waals surface area (Å²) < 4.78 is 33.8. The van der Waals surface area contributed by atoms with E-state index in [0.717, 1.165) is 88.9 Å². The first-order chi connectivity index (χ1) is 30.7. The van der Waals surface area contributed by atoms with Gasteiger partial charge in [-0.15, -0.1) is 0 Å². The summed E-state index contributed by atoms with van der Waals surface area (Å²) in [6, 6.07) is 22.7. The van der Waals surface area contributed by atoms with Crippen molar-refractivity contribution in [2.24, 2.45) is 14.1 Å². The molecular formula is C48H52N4O12. The lowest BCUT2D eigenvalue weighted by Gasteiger charge is -2.01. The number of aliphatic carboxylic acids is 2. The van der Waals surface area contributed by atoms with E-state index in [1.165, 1.54) is 14.2 Å². The average Bonchev–Trinajstić information content (AvgIpc) is 4.06. The number of hydrogen-bond donors (Lipinski definition) is 4. The van der Waals surface area contributed by atoms with Crippen LogP contribution in [0.25, 0.3) is 43.6 Å². The lowest BCUT2D eigenvalue weighted by atomic mass is 10.1. The fourth-order valence-electron chi connectivity index (χ4n) is 7.08. The monoisotopic (exact) mass is 876 g/mol. The van der Waals surface area contributed by atoms with Gasteiger partial charge in [-0.25, -0.2) is 0 Å². The van der Waals surface area contributed by atoms with Crippen LogP contribution in [0, 0.1) is 0 Å². The normalized spacial score (nSPS) is 10.5. The number of aromatic nitrogens is 4. The number of carboxylic acids is 2. The highest BCUT2D eigenvalue weighted by Crippen LogP contribution is 2.28. The first kappa shape index (κ1) is 47.2. The number of nitrogens with zero attached hydrogens (tertiary/aromatic N) is 2. The summed E-state index contributed by atoms with van der Waals surface area (Å²) in [5, 5.41) is 21.4. The van der Waals surface area contributed by atoms with E-state index >= 15 is 0 Å². The van der Waals surface area contributed by atoms with E-state index in [-0.39, 0.29) is 37.6 Å². The molecule has 16 nitrogen and oxygen atoms in total. The highest BCUT2D eigenvalue weighted by molar-refractivity contribution is 5.91. The number of hydrogen-bond acceptors (Lipinski definition) is 10. The van der Waals surface area contributed by atoms with E-state index in [9.17, 15) is 19.2 Å². The highest BCUT2D eigenvalue weighted by atomic mass is 16.5. The van der Waals surface area contributed by atoms with Crippen LogP contribution in [-0.2, 0) is 68.4 Å². The Hall–Kier alpha value is -7.88. The van der Waals surface area contributed by atoms with Crippen LogP contribution in [0.15, 0.2) is 97.6 Å². The minimum atomic E-state index is -0.835. The minimum Gasteiger partial charge on any atom is -0.497 e. The SMILES string of the molecule is COC(=O)Cc1c[nH]c2ccc(OC)cc12.COC(=O)Cc1cn(C)c2ccc(OC)cc12.COc1ccc2[nH]cc(CC(=O)O)c2c1.COc1ccc2c(c1)c(CC(=O)O)cn2C. The predicted molar refractivity (Wildman–Crippen MR) is 243 cm³/mol. The van der Waals surface area contributed by atoms with E-state index in [1.54, 1.807) is 34.6 Å². The number of ether oxygens (including phenoxy) is 6. The first-order valence-electron chi connectivity index (χ1n) is 19.8. The number of benzene rings is 4. The molecule has 0 saturated carbocycles. The summed E-state index contributed by atoms with van der Waals surface area (Å²) in [4.78, 5) is 50.0. The Morgan fingerprint density at radius 1 is 0.469 bits per heavy atom. The molecule has 0 aliphatic heterocycles. The van der Waals surface area contributed by atoms with Gasteiger partial charge in [0.15, 0.2) is 0 Å². The number of esters is 2. The molecule has 0 radical (unpaired) electrons. The molecule has 8 aromatic rings. The average molecular weight is 877 g/mol. The Kier molecular flexibility index (Phi) is 16.0. The molecule has 0 amide bonds. The lowest BCUT2D eigenvalue weighted by Crippen LogP contribution is -2.03. The molecule has 4 aromatic heterocycles. The number of fused-ring (bicyclic) bond motifs is 4. The number of carbonyl (C=O) groups is 4. The molecule has 0 atom stereocenters. The van der Waals surface area contributed by atoms with E-state index < -0.39 is 11.9 Å². The van der Waals surface area contributed by atoms with Crippen molar-refractivity contribution in [1.29, 1.82) is 0 Å². The zero-order valence-corrected chi connectivity index (χ0v) is 36.9. The number of carbonyl (C=O) groups excluding carboxylic acids is 2. The van der Waals surface area contributed by atoms with Crippen molar-refractivity contribution in [1.82, 2.24) is 19.1 Å². The van der Waals surface area contributed by atoms with Gasteiger partial charge in [0.2, 0.25) is 0 Å². The van der Waals surface area contributed by atoms with Gasteiger partial charge in [-0.3, -0.25) is 19.2 Å². The maximum Gasteiger partial charge on any atom is 0.310 e. The van der Waals surface area contributed by atoms with Crippen molar-refractivity contribution in [3.8, 4) is 23.0 Å². The van der Waals surface area contributed by atoms with E-state index in [4.69, 9.17) is 29.2 Å². The van der Waals surface area contributed by atoms with Crippen LogP contribution in [0.4, 0.5) is 0 Å². The van der Waals surface area contributed by atoms with Crippen LogP contribution in [-0.4, -0.2) is 95.9 Å². The van der Waals surface area contributed by atoms with Crippen LogP contribution < -0.4 is 18.9 Å². The molecule has 8 rings (SSSR count). The fourth-order valence-corrected chi connectivity index (χ4v) is 7.08. The molecule has 0 spiro atoms. The second-order valence-electron chi connectivity index (χ2n) is 14.4. The molecule has 0 aliphatic carbocycles. The number of carboxylic acid groups (broad SMARTS) is 2. The summed E-state index contributed by atoms with van der Waals surface area (Å²) in [5.41, 5.74) is 7.45. The molecule has 0 fully saturated rings. The molecule has 16 heteroatoms. The number of rotatable bonds is 12. The second-order valence-corrected chi connectivity index (χ2v) is 14.4. The molecule has 0 bridgehead atoms. The van der Waals surface area contributed by atoms with Crippen LogP contribution in [0.3, 0.4) is 0 Å². The third-order valence-electron chi connectivity index (χ3n) is 10.3. The van der Waals surface area contributed by atoms with Gasteiger partial charge in [-0.1, -0.05) is 0 Å². The smallest absolute Gasteiger partial charge is 0.310 e. The van der Waals surface area contributed by atoms with Crippen LogP contribution in [0.2, 0.25) is 0 Å². The van der Waals surface area contributed by atoms with Gasteiger partial charge >= 0.3 is 23.9 Å². The van der Waals surface area contributed by atoms with Crippen molar-refractivity contribution >= 4 is 67.5 Å². The van der Waals surface area contributed by atoms with Crippen LogP contribution in [0.1, 0.15) is 22.3 Å². The first-order valence-corrected chi connectivity index (χ1v) is 19.8. The standard InChI is InChI=1S/C13H15NO3.2C12H13NO3.C11H11NO3/c1-14-8-9(6-13(15)17-3)11-7-10(16-2)4-5-12(11)14;1-15-9-3-4-11-10(6-9)8(7-13-11)5-12(14)16-2;1-13-7-8(5-12(14)15)10-6-9(16-2)3-4-11(10)13;1-15-8-2-3-10-9(5-8)7(6-12-10)4-11(13)14/h4-5,7-8H,6H2,1-3H3;3-4,6-7,13H,5H2,1-2H3;3-4,6-7H,5H2,1-2H3,(H,14,15);2-3,5-6,12H,4H2,1H3,(H,13,14). The number of H-pyrrole nitrogens is 2. The molecule has 4 heterocycles. The molecule has 0 aliphatic rings. The minimum absolute atomic E-state index is 0.0210. The number of aryl methyl sites for hydroxylation is 2. The Balaban J connectivity index is 0.000000161. The van der Waals surface area contributed by atoms with E-state index in [1.807, 2.05) is 115 Å². The largest absolute Gasteiger partial charge is 0.497 e. The van der Waals surface area contributed by atoms with Crippen LogP contribution in [0.5, 0.6) is 23.0 Å². The quantitative estimate of drug-likeness (QED) is 0.0886. The van der Waals surface area contributed by atoms with Crippen molar-refractivity contribution in [3.05, 3.63) is 120 Å². The van der Waals surface area contributed by atoms with Gasteiger partial charge in [-0.05, 0) is 95.1 Å². The third-order valence-corrected chi connectivity index (χ3v) is 10.3. The number of nitrogens with one attached hydrogen (secondary N) is 2. The molecule has 4 aromatic carbocycles. The van der Waals surface area contributed by atoms with Crippen molar-refractivity contribution in [2.45, 2.75) is 25.7 Å². The second kappa shape index (κ2) is 21.8. The molecular weight excluding hydrogens is 825 g/mol. The zero-order valence-electron chi connectivity index (χ0n) is 36.9. The van der Waals surface area contributed by atoms with E-state index in [0.29, 0.717) is 0 Å². The zero-order chi connectivity index (χ0) is 46.5. The lowest BCUT2D eigenvalue weighted by molar-refractivity contribution is -0.140. The maximum absolute atomic E-state index is 11.3. The van der Waals surface area contributed by atoms with Gasteiger partial charge in [0.25, 0.3) is 0 Å². The van der Waals surface area contributed by atoms with Crippen LogP contribution >= 0.6 is 0 Å². The molecule has 4 N–H and O–H groups in total. The highest BCUT2D eigenvalue weighted by Gasteiger charge is 2.14. The Morgan fingerprint density at radius 2 is 0.797 bits per heavy atom.